The molecule has 1 aromatic carbocycles. The third-order valence-corrected chi connectivity index (χ3v) is 3.07. The number of benzene rings is 1. The van der Waals surface area contributed by atoms with Gasteiger partial charge in [-0.15, -0.1) is 0 Å². The number of hydrogen-bond donors (Lipinski definition) is 0. The average Bonchev–Trinajstić information content (AvgIpc) is 2.42. The van der Waals surface area contributed by atoms with Crippen LogP contribution in [-0.2, 0) is 9.53 Å². The molecule has 0 aliphatic heterocycles. The van der Waals surface area contributed by atoms with E-state index in [1.54, 1.807) is 6.07 Å². The van der Waals surface area contributed by atoms with Crippen molar-refractivity contribution in [2.45, 2.75) is 20.8 Å². The molecule has 0 radical (unpaired) electrons. The second-order valence-corrected chi connectivity index (χ2v) is 5.13. The first-order chi connectivity index (χ1) is 10.2. The normalized spacial score (nSPS) is 12.4. The molecule has 0 bridgehead atoms. The van der Waals surface area contributed by atoms with Crippen molar-refractivity contribution >= 4 is 11.8 Å². The molecule has 0 N–H and O–H groups in total. The van der Waals surface area contributed by atoms with Gasteiger partial charge in [0, 0.05) is 6.07 Å². The van der Waals surface area contributed by atoms with E-state index in [4.69, 9.17) is 10.00 Å². The summed E-state index contributed by atoms with van der Waals surface area (Å²) in [7, 11) is 0. The van der Waals surface area contributed by atoms with Crippen LogP contribution in [0.2, 0.25) is 0 Å². The van der Waals surface area contributed by atoms with Gasteiger partial charge >= 0.3 is 5.97 Å². The molecule has 0 amide bonds. The maximum absolute atomic E-state index is 13.7. The van der Waals surface area contributed by atoms with Crippen LogP contribution in [0.4, 0.5) is 13.2 Å². The SMILES string of the molecule is CCOC(=O)C(C(=O)c1cc(F)c(F)cc1F)C(C)(C)C#N. The van der Waals surface area contributed by atoms with Crippen LogP contribution in [0.3, 0.4) is 0 Å². The molecule has 0 saturated carbocycles. The summed E-state index contributed by atoms with van der Waals surface area (Å²) in [5.74, 6) is -8.02. The smallest absolute Gasteiger partial charge is 0.318 e. The van der Waals surface area contributed by atoms with Crippen molar-refractivity contribution in [2.75, 3.05) is 6.61 Å². The molecule has 1 aromatic rings. The van der Waals surface area contributed by atoms with Crippen molar-refractivity contribution < 1.29 is 27.5 Å². The third kappa shape index (κ3) is 3.45. The van der Waals surface area contributed by atoms with E-state index in [-0.39, 0.29) is 12.7 Å². The van der Waals surface area contributed by atoms with E-state index in [9.17, 15) is 22.8 Å². The highest BCUT2D eigenvalue weighted by molar-refractivity contribution is 6.09. The van der Waals surface area contributed by atoms with E-state index in [1.807, 2.05) is 0 Å². The number of Topliss-reactive ketones (excluding diaryl/α,β-unsaturated/α-hetero) is 1. The van der Waals surface area contributed by atoms with Crippen LogP contribution in [-0.4, -0.2) is 18.4 Å². The van der Waals surface area contributed by atoms with E-state index in [1.165, 1.54) is 20.8 Å². The molecule has 1 atom stereocenters. The third-order valence-electron chi connectivity index (χ3n) is 3.07. The molecule has 0 heterocycles. The van der Waals surface area contributed by atoms with Crippen LogP contribution in [0.25, 0.3) is 0 Å². The minimum absolute atomic E-state index is 0.0512. The van der Waals surface area contributed by atoms with E-state index >= 15 is 0 Å². The summed E-state index contributed by atoms with van der Waals surface area (Å²) in [5, 5.41) is 9.11. The molecule has 0 fully saturated rings. The number of nitriles is 1. The van der Waals surface area contributed by atoms with Gasteiger partial charge < -0.3 is 4.74 Å². The zero-order valence-corrected chi connectivity index (χ0v) is 12.2. The number of esters is 1. The van der Waals surface area contributed by atoms with Crippen LogP contribution in [0, 0.1) is 40.1 Å². The van der Waals surface area contributed by atoms with Crippen LogP contribution >= 0.6 is 0 Å². The van der Waals surface area contributed by atoms with Gasteiger partial charge in [0.15, 0.2) is 17.4 Å². The average molecular weight is 313 g/mol. The van der Waals surface area contributed by atoms with Gasteiger partial charge in [0.1, 0.15) is 11.7 Å². The van der Waals surface area contributed by atoms with Gasteiger partial charge in [-0.25, -0.2) is 13.2 Å². The number of carbonyl (C=O) groups is 2. The Kier molecular flexibility index (Phi) is 5.31. The van der Waals surface area contributed by atoms with Crippen LogP contribution in [0.5, 0.6) is 0 Å². The number of ether oxygens (including phenoxy) is 1. The van der Waals surface area contributed by atoms with Gasteiger partial charge in [0.2, 0.25) is 0 Å². The summed E-state index contributed by atoms with van der Waals surface area (Å²) < 4.78 is 44.6. The Labute approximate surface area is 125 Å². The number of hydrogen-bond acceptors (Lipinski definition) is 4. The highest BCUT2D eigenvalue weighted by Gasteiger charge is 2.43. The van der Waals surface area contributed by atoms with Crippen molar-refractivity contribution in [3.05, 3.63) is 35.1 Å². The van der Waals surface area contributed by atoms with Crippen LogP contribution in [0.1, 0.15) is 31.1 Å². The summed E-state index contributed by atoms with van der Waals surface area (Å²) in [6.07, 6.45) is 0. The molecule has 0 saturated heterocycles. The quantitative estimate of drug-likeness (QED) is 0.363. The minimum atomic E-state index is -1.66. The standard InChI is InChI=1S/C15H14F3NO3/c1-4-22-14(21)12(15(2,3)7-19)13(20)8-5-10(17)11(18)6-9(8)16/h5-6,12H,4H2,1-3H3. The van der Waals surface area contributed by atoms with E-state index in [0.29, 0.717) is 6.07 Å². The first kappa shape index (κ1) is 17.7. The lowest BCUT2D eigenvalue weighted by molar-refractivity contribution is -0.148. The van der Waals surface area contributed by atoms with Crippen LogP contribution < -0.4 is 0 Å². The van der Waals surface area contributed by atoms with E-state index in [2.05, 4.69) is 0 Å². The maximum Gasteiger partial charge on any atom is 0.318 e. The lowest BCUT2D eigenvalue weighted by Gasteiger charge is -2.25. The Morgan fingerprint density at radius 2 is 1.77 bits per heavy atom. The van der Waals surface area contributed by atoms with Crippen molar-refractivity contribution in [1.29, 1.82) is 5.26 Å². The first-order valence-electron chi connectivity index (χ1n) is 6.42. The van der Waals surface area contributed by atoms with Crippen LogP contribution in [0.15, 0.2) is 12.1 Å². The monoisotopic (exact) mass is 313 g/mol. The second-order valence-electron chi connectivity index (χ2n) is 5.13. The summed E-state index contributed by atoms with van der Waals surface area (Å²) >= 11 is 0. The highest BCUT2D eigenvalue weighted by Crippen LogP contribution is 2.31. The molecular weight excluding hydrogens is 299 g/mol. The summed E-state index contributed by atoms with van der Waals surface area (Å²) in [6.45, 7) is 4.04. The van der Waals surface area contributed by atoms with E-state index in [0.717, 1.165) is 0 Å². The topological polar surface area (TPSA) is 67.2 Å². The van der Waals surface area contributed by atoms with E-state index < -0.39 is 46.1 Å². The number of rotatable bonds is 5. The summed E-state index contributed by atoms with van der Waals surface area (Å²) in [4.78, 5) is 24.3. The fourth-order valence-electron chi connectivity index (χ4n) is 1.89. The molecule has 0 spiro atoms. The Hall–Kier alpha value is -2.36. The zero-order valence-electron chi connectivity index (χ0n) is 12.2. The predicted molar refractivity (Wildman–Crippen MR) is 70.2 cm³/mol. The van der Waals surface area contributed by atoms with Crippen molar-refractivity contribution in [2.24, 2.45) is 11.3 Å². The lowest BCUT2D eigenvalue weighted by atomic mass is 9.76. The fraction of sp³-hybridized carbons (Fsp3) is 0.400. The van der Waals surface area contributed by atoms with Gasteiger partial charge in [-0.2, -0.15) is 5.26 Å². The molecule has 7 heteroatoms. The molecule has 22 heavy (non-hydrogen) atoms. The Balaban J connectivity index is 3.38. The first-order valence-corrected chi connectivity index (χ1v) is 6.42. The van der Waals surface area contributed by atoms with Gasteiger partial charge in [0.25, 0.3) is 0 Å². The number of halogens is 3. The highest BCUT2D eigenvalue weighted by atomic mass is 19.2. The molecule has 1 rings (SSSR count). The number of nitrogens with zero attached hydrogens (tertiary/aromatic N) is 1. The second kappa shape index (κ2) is 6.60. The Morgan fingerprint density at radius 3 is 2.27 bits per heavy atom. The van der Waals surface area contributed by atoms with Crippen molar-refractivity contribution in [3.63, 3.8) is 0 Å². The molecule has 0 aromatic heterocycles. The predicted octanol–water partition coefficient (Wildman–Crippen LogP) is 3.02. The maximum atomic E-state index is 13.7. The molecule has 1 unspecified atom stereocenters. The molecule has 0 aliphatic carbocycles. The summed E-state index contributed by atoms with van der Waals surface area (Å²) in [6, 6.07) is 2.35. The molecule has 118 valence electrons. The Morgan fingerprint density at radius 1 is 1.23 bits per heavy atom. The molecular formula is C15H14F3NO3. The van der Waals surface area contributed by atoms with Gasteiger partial charge in [0.05, 0.1) is 23.7 Å². The lowest BCUT2D eigenvalue weighted by Crippen LogP contribution is -2.38. The van der Waals surface area contributed by atoms with Gasteiger partial charge in [-0.05, 0) is 26.8 Å². The van der Waals surface area contributed by atoms with Crippen molar-refractivity contribution in [3.8, 4) is 6.07 Å². The fourth-order valence-corrected chi connectivity index (χ4v) is 1.89. The van der Waals surface area contributed by atoms with Gasteiger partial charge in [-0.1, -0.05) is 0 Å². The molecule has 4 nitrogen and oxygen atoms in total. The van der Waals surface area contributed by atoms with Gasteiger partial charge in [-0.3, -0.25) is 9.59 Å². The van der Waals surface area contributed by atoms with Crippen molar-refractivity contribution in [1.82, 2.24) is 0 Å². The summed E-state index contributed by atoms with van der Waals surface area (Å²) in [5.41, 5.74) is -2.32. The minimum Gasteiger partial charge on any atom is -0.465 e. The number of carbonyl (C=O) groups excluding carboxylic acids is 2. The zero-order chi connectivity index (χ0) is 17.1. The molecule has 0 aliphatic rings. The number of ketones is 1. The Bertz CT molecular complexity index is 650. The largest absolute Gasteiger partial charge is 0.465 e.